The van der Waals surface area contributed by atoms with Crippen molar-refractivity contribution in [3.8, 4) is 0 Å². The first-order valence-corrected chi connectivity index (χ1v) is 7.46. The zero-order chi connectivity index (χ0) is 16.9. The number of aliphatic hydroxyl groups excluding tert-OH is 3. The maximum atomic E-state index is 10.1. The molecule has 1 aliphatic rings. The summed E-state index contributed by atoms with van der Waals surface area (Å²) in [6, 6.07) is 0. The minimum atomic E-state index is -1.08. The molecule has 138 valence electrons. The second-order valence-electron chi connectivity index (χ2n) is 6.82. The molecule has 1 aliphatic heterocycles. The molecule has 0 radical (unpaired) electrons. The number of allylic oxidation sites excluding steroid dienone is 1. The minimum Gasteiger partial charge on any atom is -0.494 e. The van der Waals surface area contributed by atoms with Crippen molar-refractivity contribution >= 4 is 0 Å². The van der Waals surface area contributed by atoms with Crippen molar-refractivity contribution in [1.29, 1.82) is 0 Å². The second kappa shape index (κ2) is 11.5. The molecule has 0 amide bonds. The summed E-state index contributed by atoms with van der Waals surface area (Å²) in [6.45, 7) is 14.0. The van der Waals surface area contributed by atoms with Gasteiger partial charge in [-0.1, -0.05) is 40.0 Å². The van der Waals surface area contributed by atoms with E-state index in [-0.39, 0.29) is 57.0 Å². The topological polar surface area (TPSA) is 79.2 Å². The van der Waals surface area contributed by atoms with E-state index in [0.717, 1.165) is 0 Å². The first kappa shape index (κ1) is 26.1. The van der Waals surface area contributed by atoms with Crippen molar-refractivity contribution in [2.45, 2.75) is 51.6 Å². The van der Waals surface area contributed by atoms with Crippen LogP contribution in [0, 0.1) is 44.0 Å². The van der Waals surface area contributed by atoms with Gasteiger partial charge in [-0.15, -0.1) is 0 Å². The molecule has 4 atom stereocenters. The molecular weight excluding hydrogens is 534 g/mol. The van der Waals surface area contributed by atoms with Crippen molar-refractivity contribution in [3.63, 3.8) is 0 Å². The van der Waals surface area contributed by atoms with E-state index in [4.69, 9.17) is 9.47 Å². The fourth-order valence-electron chi connectivity index (χ4n) is 2.14. The molecule has 3 N–H and O–H groups in total. The molecule has 0 saturated carbocycles. The number of hydrogen-bond acceptors (Lipinski definition) is 5. The van der Waals surface area contributed by atoms with Gasteiger partial charge in [0.15, 0.2) is 0 Å². The Bertz CT molecular complexity index is 428. The zero-order valence-corrected chi connectivity index (χ0v) is 19.3. The first-order valence-electron chi connectivity index (χ1n) is 7.46. The maximum Gasteiger partial charge on any atom is 0.112 e. The Balaban J connectivity index is 0. The molecule has 0 aromatic carbocycles. The summed E-state index contributed by atoms with van der Waals surface area (Å²) in [5.41, 5.74) is 0.563. The summed E-state index contributed by atoms with van der Waals surface area (Å²) in [6.07, 6.45) is 0.0416. The molecule has 5 nitrogen and oxygen atoms in total. The quantitative estimate of drug-likeness (QED) is 0.261. The third kappa shape index (κ3) is 8.33. The Labute approximate surface area is 169 Å². The third-order valence-corrected chi connectivity index (χ3v) is 3.33. The minimum absolute atomic E-state index is 0. The van der Waals surface area contributed by atoms with E-state index in [0.29, 0.717) is 17.9 Å². The standard InChI is InChI=1S/C17H28O5.CH3.U/c1-6-12(7-11(2)21-10-17(3,4)5)16-15(20)14(19)8-13(9-18)22-16;;/h6-7,13-16,18-20H,1-2,8-10H2,3-5H3;1H3;/q;-1;/b12-7+;;/t13?,14?,15?,16-;;/m1../s1. The molecular formula is C18H31O5U-. The van der Waals surface area contributed by atoms with E-state index in [2.05, 4.69) is 33.9 Å². The molecule has 0 spiro atoms. The molecule has 1 fully saturated rings. The molecule has 0 aromatic heterocycles. The smallest absolute Gasteiger partial charge is 0.112 e. The molecule has 1 heterocycles. The molecule has 3 unspecified atom stereocenters. The SMILES string of the molecule is C=C/C(=C\C(=C)OCC(C)(C)C)[C@H]1OC(CO)CC(O)C1O.[CH3-].[U]. The van der Waals surface area contributed by atoms with Gasteiger partial charge in [0.1, 0.15) is 18.0 Å². The normalized spacial score (nSPS) is 27.5. The predicted octanol–water partition coefficient (Wildman–Crippen LogP) is 2.00. The van der Waals surface area contributed by atoms with Gasteiger partial charge in [-0.05, 0) is 17.1 Å². The van der Waals surface area contributed by atoms with Gasteiger partial charge < -0.3 is 32.2 Å². The number of aliphatic hydroxyl groups is 3. The average Bonchev–Trinajstić information content (AvgIpc) is 2.44. The van der Waals surface area contributed by atoms with E-state index in [1.54, 1.807) is 6.08 Å². The van der Waals surface area contributed by atoms with E-state index in [9.17, 15) is 15.3 Å². The molecule has 1 rings (SSSR count). The Morgan fingerprint density at radius 3 is 2.38 bits per heavy atom. The van der Waals surface area contributed by atoms with Crippen LogP contribution in [0.1, 0.15) is 27.2 Å². The first-order chi connectivity index (χ1) is 10.2. The van der Waals surface area contributed by atoms with Gasteiger partial charge in [-0.25, -0.2) is 0 Å². The van der Waals surface area contributed by atoms with Crippen molar-refractivity contribution in [1.82, 2.24) is 0 Å². The van der Waals surface area contributed by atoms with E-state index in [1.807, 2.05) is 0 Å². The van der Waals surface area contributed by atoms with Gasteiger partial charge >= 0.3 is 0 Å². The van der Waals surface area contributed by atoms with Gasteiger partial charge in [0, 0.05) is 37.5 Å². The zero-order valence-electron chi connectivity index (χ0n) is 15.2. The summed E-state index contributed by atoms with van der Waals surface area (Å²) in [7, 11) is 0. The van der Waals surface area contributed by atoms with E-state index in [1.165, 1.54) is 6.08 Å². The predicted molar refractivity (Wildman–Crippen MR) is 91.6 cm³/mol. The van der Waals surface area contributed by atoms with Gasteiger partial charge in [0.05, 0.1) is 25.4 Å². The van der Waals surface area contributed by atoms with Crippen LogP contribution in [-0.2, 0) is 9.47 Å². The van der Waals surface area contributed by atoms with Crippen LogP contribution in [0.15, 0.2) is 36.6 Å². The van der Waals surface area contributed by atoms with E-state index < -0.39 is 24.4 Å². The van der Waals surface area contributed by atoms with E-state index >= 15 is 0 Å². The van der Waals surface area contributed by atoms with Crippen LogP contribution in [-0.4, -0.2) is 52.9 Å². The summed E-state index contributed by atoms with van der Waals surface area (Å²) in [5.74, 6) is 0.432. The molecule has 6 heteroatoms. The number of hydrogen-bond donors (Lipinski definition) is 3. The third-order valence-electron chi connectivity index (χ3n) is 3.33. The maximum absolute atomic E-state index is 10.1. The molecule has 0 aromatic rings. The van der Waals surface area contributed by atoms with Crippen LogP contribution in [0.2, 0.25) is 0 Å². The van der Waals surface area contributed by atoms with Crippen LogP contribution in [0.4, 0.5) is 0 Å². The molecule has 1 saturated heterocycles. The Morgan fingerprint density at radius 2 is 1.92 bits per heavy atom. The average molecular weight is 565 g/mol. The Kier molecular flexibility index (Phi) is 12.5. The Morgan fingerprint density at radius 1 is 1.33 bits per heavy atom. The summed E-state index contributed by atoms with van der Waals surface area (Å²) in [5, 5.41) is 29.2. The fraction of sp³-hybridized carbons (Fsp3) is 0.611. The summed E-state index contributed by atoms with van der Waals surface area (Å²) >= 11 is 0. The Hall–Kier alpha value is -0.0881. The van der Waals surface area contributed by atoms with Gasteiger partial charge in [0.25, 0.3) is 0 Å². The van der Waals surface area contributed by atoms with Crippen molar-refractivity contribution in [2.24, 2.45) is 5.41 Å². The molecule has 24 heavy (non-hydrogen) atoms. The summed E-state index contributed by atoms with van der Waals surface area (Å²) in [4.78, 5) is 0. The second-order valence-corrected chi connectivity index (χ2v) is 6.82. The van der Waals surface area contributed by atoms with Gasteiger partial charge in [-0.2, -0.15) is 0 Å². The van der Waals surface area contributed by atoms with Gasteiger partial charge in [0.2, 0.25) is 0 Å². The largest absolute Gasteiger partial charge is 0.494 e. The monoisotopic (exact) mass is 565 g/mol. The van der Waals surface area contributed by atoms with Crippen LogP contribution >= 0.6 is 0 Å². The summed E-state index contributed by atoms with van der Waals surface area (Å²) < 4.78 is 11.2. The van der Waals surface area contributed by atoms with Crippen molar-refractivity contribution in [3.05, 3.63) is 44.1 Å². The van der Waals surface area contributed by atoms with Crippen LogP contribution in [0.25, 0.3) is 0 Å². The number of rotatable bonds is 6. The van der Waals surface area contributed by atoms with Crippen molar-refractivity contribution < 1.29 is 55.9 Å². The molecule has 0 bridgehead atoms. The van der Waals surface area contributed by atoms with Crippen molar-refractivity contribution in [2.75, 3.05) is 13.2 Å². The number of ether oxygens (including phenoxy) is 2. The molecule has 0 aliphatic carbocycles. The van der Waals surface area contributed by atoms with Gasteiger partial charge in [-0.3, -0.25) is 0 Å². The van der Waals surface area contributed by atoms with Crippen LogP contribution in [0.3, 0.4) is 0 Å². The van der Waals surface area contributed by atoms with Crippen LogP contribution < -0.4 is 0 Å². The fourth-order valence-corrected chi connectivity index (χ4v) is 2.14. The van der Waals surface area contributed by atoms with Crippen LogP contribution in [0.5, 0.6) is 0 Å².